The summed E-state index contributed by atoms with van der Waals surface area (Å²) in [5.74, 6) is -0.160. The molecule has 0 aromatic carbocycles. The van der Waals surface area contributed by atoms with E-state index in [9.17, 15) is 9.18 Å². The van der Waals surface area contributed by atoms with E-state index in [1.807, 2.05) is 0 Å². The lowest BCUT2D eigenvalue weighted by Gasteiger charge is -2.16. The molecule has 1 aliphatic heterocycles. The summed E-state index contributed by atoms with van der Waals surface area (Å²) in [5.41, 5.74) is -0.807. The van der Waals surface area contributed by atoms with Gasteiger partial charge in [-0.05, 0) is 24.5 Å². The van der Waals surface area contributed by atoms with Crippen molar-refractivity contribution >= 4 is 17.4 Å². The monoisotopic (exact) mass is 214 g/mol. The van der Waals surface area contributed by atoms with E-state index in [1.54, 1.807) is 11.4 Å². The summed E-state index contributed by atoms with van der Waals surface area (Å²) in [7, 11) is 0. The van der Waals surface area contributed by atoms with Gasteiger partial charge in [0.2, 0.25) is 0 Å². The zero-order chi connectivity index (χ0) is 10.2. The molecule has 0 spiro atoms. The molecular weight excluding hydrogens is 203 g/mol. The van der Waals surface area contributed by atoms with Gasteiger partial charge in [0.05, 0.1) is 6.54 Å². The molecule has 2 rings (SSSR count). The molecule has 1 fully saturated rings. The van der Waals surface area contributed by atoms with Crippen LogP contribution in [0.25, 0.3) is 0 Å². The van der Waals surface area contributed by atoms with E-state index in [4.69, 9.17) is 0 Å². The molecule has 0 saturated carbocycles. The molecule has 1 unspecified atom stereocenters. The minimum absolute atomic E-state index is 0.160. The fourth-order valence-corrected chi connectivity index (χ4v) is 2.09. The van der Waals surface area contributed by atoms with Gasteiger partial charge in [-0.1, -0.05) is 0 Å². The van der Waals surface area contributed by atoms with Gasteiger partial charge < -0.3 is 4.90 Å². The number of likely N-dealkylation sites (tertiary alicyclic amines) is 1. The number of amides is 1. The predicted octanol–water partition coefficient (Wildman–Crippen LogP) is 1.72. The van der Waals surface area contributed by atoms with Crippen molar-refractivity contribution in [3.05, 3.63) is 17.1 Å². The summed E-state index contributed by atoms with van der Waals surface area (Å²) in [6, 6.07) is 1.67. The van der Waals surface area contributed by atoms with Crippen molar-refractivity contribution in [2.24, 2.45) is 0 Å². The lowest BCUT2D eigenvalue weighted by Crippen LogP contribution is -2.31. The van der Waals surface area contributed by atoms with E-state index >= 15 is 0 Å². The average Bonchev–Trinajstić information content (AvgIpc) is 2.72. The van der Waals surface area contributed by atoms with Crippen LogP contribution in [0.1, 0.15) is 23.8 Å². The highest BCUT2D eigenvalue weighted by molar-refractivity contribution is 7.03. The Balaban J connectivity index is 2.08. The molecule has 3 nitrogen and oxygen atoms in total. The van der Waals surface area contributed by atoms with E-state index in [2.05, 4.69) is 4.37 Å². The second-order valence-corrected chi connectivity index (χ2v) is 4.44. The lowest BCUT2D eigenvalue weighted by atomic mass is 10.1. The number of alkyl halides is 1. The number of hydrogen-bond donors (Lipinski definition) is 0. The highest BCUT2D eigenvalue weighted by Crippen LogP contribution is 2.25. The smallest absolute Gasteiger partial charge is 0.273 e. The Labute approximate surface area is 85.7 Å². The Hall–Kier alpha value is -0.970. The van der Waals surface area contributed by atoms with Crippen molar-refractivity contribution in [2.75, 3.05) is 13.1 Å². The maximum atomic E-state index is 13.5. The molecule has 1 atom stereocenters. The fraction of sp³-hybridized carbons (Fsp3) is 0.556. The topological polar surface area (TPSA) is 33.2 Å². The number of nitrogens with zero attached hydrogens (tertiary/aromatic N) is 2. The molecular formula is C9H11FN2OS. The predicted molar refractivity (Wildman–Crippen MR) is 52.1 cm³/mol. The number of aromatic nitrogens is 1. The summed E-state index contributed by atoms with van der Waals surface area (Å²) in [6.07, 6.45) is 0.420. The quantitative estimate of drug-likeness (QED) is 0.713. The largest absolute Gasteiger partial charge is 0.334 e. The Bertz CT molecular complexity index is 337. The molecule has 1 amide bonds. The molecule has 2 heterocycles. The molecule has 14 heavy (non-hydrogen) atoms. The third-order valence-electron chi connectivity index (χ3n) is 2.37. The van der Waals surface area contributed by atoms with E-state index in [1.165, 1.54) is 23.4 Å². The van der Waals surface area contributed by atoms with Crippen LogP contribution in [0.3, 0.4) is 0 Å². The van der Waals surface area contributed by atoms with Gasteiger partial charge in [-0.3, -0.25) is 4.79 Å². The maximum absolute atomic E-state index is 13.5. The Morgan fingerprint density at radius 2 is 2.57 bits per heavy atom. The Morgan fingerprint density at radius 3 is 3.07 bits per heavy atom. The molecule has 5 heteroatoms. The van der Waals surface area contributed by atoms with Crippen LogP contribution in [0.2, 0.25) is 0 Å². The van der Waals surface area contributed by atoms with E-state index < -0.39 is 5.67 Å². The number of rotatable bonds is 1. The van der Waals surface area contributed by atoms with Gasteiger partial charge in [-0.25, -0.2) is 4.39 Å². The summed E-state index contributed by atoms with van der Waals surface area (Å²) in [5, 5.41) is 1.75. The third-order valence-corrected chi connectivity index (χ3v) is 2.93. The number of carbonyl (C=O) groups is 1. The lowest BCUT2D eigenvalue weighted by molar-refractivity contribution is 0.0756. The van der Waals surface area contributed by atoms with Crippen molar-refractivity contribution in [3.63, 3.8) is 0 Å². The summed E-state index contributed by atoms with van der Waals surface area (Å²) in [6.45, 7) is 2.20. The standard InChI is InChI=1S/C9H11FN2OS/c1-9(10)3-4-12(6-9)8(13)7-2-5-14-11-7/h2,5H,3-4,6H2,1H3. The molecule has 0 radical (unpaired) electrons. The third kappa shape index (κ3) is 1.77. The van der Waals surface area contributed by atoms with Crippen LogP contribution in [0, 0.1) is 0 Å². The zero-order valence-electron chi connectivity index (χ0n) is 7.86. The number of carbonyl (C=O) groups excluding carboxylic acids is 1. The van der Waals surface area contributed by atoms with Crippen molar-refractivity contribution in [2.45, 2.75) is 19.0 Å². The molecule has 0 bridgehead atoms. The molecule has 76 valence electrons. The van der Waals surface area contributed by atoms with Crippen LogP contribution in [0.4, 0.5) is 4.39 Å². The summed E-state index contributed by atoms with van der Waals surface area (Å²) in [4.78, 5) is 13.2. The first kappa shape index (κ1) is 9.58. The van der Waals surface area contributed by atoms with Crippen LogP contribution in [0.15, 0.2) is 11.4 Å². The van der Waals surface area contributed by atoms with Gasteiger partial charge >= 0.3 is 0 Å². The molecule has 1 aromatic rings. The summed E-state index contributed by atoms with van der Waals surface area (Å²) >= 11 is 1.24. The minimum Gasteiger partial charge on any atom is -0.334 e. The number of hydrogen-bond acceptors (Lipinski definition) is 3. The van der Waals surface area contributed by atoms with Gasteiger partial charge in [0.1, 0.15) is 11.4 Å². The van der Waals surface area contributed by atoms with Crippen molar-refractivity contribution < 1.29 is 9.18 Å². The van der Waals surface area contributed by atoms with Gasteiger partial charge in [0, 0.05) is 18.3 Å². The van der Waals surface area contributed by atoms with Crippen molar-refractivity contribution in [3.8, 4) is 0 Å². The SMILES string of the molecule is CC1(F)CCN(C(=O)c2ccsn2)C1. The second-order valence-electron chi connectivity index (χ2n) is 3.77. The average molecular weight is 214 g/mol. The zero-order valence-corrected chi connectivity index (χ0v) is 8.68. The molecule has 0 aliphatic carbocycles. The summed E-state index contributed by atoms with van der Waals surface area (Å²) < 4.78 is 17.4. The first-order valence-corrected chi connectivity index (χ1v) is 5.31. The van der Waals surface area contributed by atoms with Gasteiger partial charge in [-0.15, -0.1) is 0 Å². The number of halogens is 1. The van der Waals surface area contributed by atoms with E-state index in [0.29, 0.717) is 18.7 Å². The minimum atomic E-state index is -1.23. The highest BCUT2D eigenvalue weighted by atomic mass is 32.1. The first-order chi connectivity index (χ1) is 6.58. The molecule has 1 aliphatic rings. The Morgan fingerprint density at radius 1 is 1.79 bits per heavy atom. The highest BCUT2D eigenvalue weighted by Gasteiger charge is 2.36. The first-order valence-electron chi connectivity index (χ1n) is 4.47. The van der Waals surface area contributed by atoms with Crippen LogP contribution >= 0.6 is 11.5 Å². The van der Waals surface area contributed by atoms with Crippen LogP contribution in [0.5, 0.6) is 0 Å². The van der Waals surface area contributed by atoms with Crippen molar-refractivity contribution in [1.82, 2.24) is 9.27 Å². The second kappa shape index (κ2) is 3.31. The maximum Gasteiger partial charge on any atom is 0.273 e. The van der Waals surface area contributed by atoms with Crippen LogP contribution < -0.4 is 0 Å². The van der Waals surface area contributed by atoms with Crippen LogP contribution in [-0.2, 0) is 0 Å². The van der Waals surface area contributed by atoms with Crippen molar-refractivity contribution in [1.29, 1.82) is 0 Å². The van der Waals surface area contributed by atoms with Gasteiger partial charge in [0.25, 0.3) is 5.91 Å². The molecule has 1 aromatic heterocycles. The fourth-order valence-electron chi connectivity index (χ4n) is 1.58. The normalized spacial score (nSPS) is 26.9. The van der Waals surface area contributed by atoms with E-state index in [0.717, 1.165) is 0 Å². The van der Waals surface area contributed by atoms with E-state index in [-0.39, 0.29) is 12.5 Å². The molecule has 0 N–H and O–H groups in total. The van der Waals surface area contributed by atoms with Gasteiger partial charge in [-0.2, -0.15) is 4.37 Å². The Kier molecular flexibility index (Phi) is 2.26. The molecule has 1 saturated heterocycles. The van der Waals surface area contributed by atoms with Gasteiger partial charge in [0.15, 0.2) is 0 Å². The van der Waals surface area contributed by atoms with Crippen LogP contribution in [-0.4, -0.2) is 33.9 Å².